The molecule has 0 spiro atoms. The third kappa shape index (κ3) is 5.11. The molecule has 3 aromatic carbocycles. The lowest BCUT2D eigenvalue weighted by molar-refractivity contribution is -0.151. The molecule has 0 aromatic heterocycles. The molecule has 7 nitrogen and oxygen atoms in total. The van der Waals surface area contributed by atoms with Gasteiger partial charge in [0.1, 0.15) is 24.9 Å². The molecule has 5 rings (SSSR count). The highest BCUT2D eigenvalue weighted by atomic mass is 19.1. The normalized spacial score (nSPS) is 18.8. The number of rotatable bonds is 7. The molecule has 0 bridgehead atoms. The van der Waals surface area contributed by atoms with Crippen molar-refractivity contribution in [3.63, 3.8) is 0 Å². The number of amides is 2. The lowest BCUT2D eigenvalue weighted by Gasteiger charge is -2.28. The smallest absolute Gasteiger partial charge is 0.407 e. The summed E-state index contributed by atoms with van der Waals surface area (Å²) in [4.78, 5) is 39.9. The number of esters is 1. The lowest BCUT2D eigenvalue weighted by Crippen LogP contribution is -2.53. The first-order chi connectivity index (χ1) is 18.5. The molecule has 1 aliphatic heterocycles. The summed E-state index contributed by atoms with van der Waals surface area (Å²) < 4.78 is 24.7. The lowest BCUT2D eigenvalue weighted by atomic mass is 9.98. The molecule has 2 aliphatic rings. The van der Waals surface area contributed by atoms with E-state index in [-0.39, 0.29) is 31.9 Å². The number of hydrogen-bond donors (Lipinski definition) is 1. The van der Waals surface area contributed by atoms with Crippen molar-refractivity contribution in [1.29, 1.82) is 0 Å². The summed E-state index contributed by atoms with van der Waals surface area (Å²) in [5, 5.41) is 2.68. The van der Waals surface area contributed by atoms with Crippen LogP contribution in [-0.2, 0) is 25.5 Å². The van der Waals surface area contributed by atoms with Crippen molar-refractivity contribution in [3.8, 4) is 11.1 Å². The molecule has 38 heavy (non-hydrogen) atoms. The van der Waals surface area contributed by atoms with Crippen LogP contribution in [0, 0.1) is 0 Å². The fourth-order valence-corrected chi connectivity index (χ4v) is 5.42. The molecular weight excluding hydrogens is 487 g/mol. The monoisotopic (exact) mass is 516 g/mol. The maximum Gasteiger partial charge on any atom is 0.407 e. The number of nitrogens with zero attached hydrogens (tertiary/aromatic N) is 1. The zero-order valence-electron chi connectivity index (χ0n) is 21.0. The van der Waals surface area contributed by atoms with Crippen LogP contribution in [0.2, 0.25) is 0 Å². The van der Waals surface area contributed by atoms with Gasteiger partial charge in [0, 0.05) is 18.8 Å². The number of hydrogen-bond acceptors (Lipinski definition) is 5. The average Bonchev–Trinajstić information content (AvgIpc) is 3.49. The summed E-state index contributed by atoms with van der Waals surface area (Å²) in [6.07, 6.45) is -2.09. The van der Waals surface area contributed by atoms with Crippen LogP contribution in [0.15, 0.2) is 78.9 Å². The third-order valence-electron chi connectivity index (χ3n) is 7.22. The zero-order chi connectivity index (χ0) is 26.6. The Kier molecular flexibility index (Phi) is 7.40. The molecule has 196 valence electrons. The number of likely N-dealkylation sites (tertiary alicyclic amines) is 1. The van der Waals surface area contributed by atoms with E-state index in [4.69, 9.17) is 9.47 Å². The van der Waals surface area contributed by atoms with Crippen LogP contribution in [0.4, 0.5) is 9.18 Å². The third-order valence-corrected chi connectivity index (χ3v) is 7.22. The first-order valence-electron chi connectivity index (χ1n) is 12.6. The van der Waals surface area contributed by atoms with Gasteiger partial charge in [0.2, 0.25) is 5.91 Å². The number of halogens is 1. The van der Waals surface area contributed by atoms with Gasteiger partial charge in [-0.3, -0.25) is 4.79 Å². The number of benzene rings is 3. The van der Waals surface area contributed by atoms with Gasteiger partial charge >= 0.3 is 12.1 Å². The second-order valence-electron chi connectivity index (χ2n) is 9.57. The van der Waals surface area contributed by atoms with Crippen molar-refractivity contribution in [2.45, 2.75) is 37.0 Å². The molecule has 2 amide bonds. The van der Waals surface area contributed by atoms with Gasteiger partial charge in [0.15, 0.2) is 0 Å². The fraction of sp³-hybridized carbons (Fsp3) is 0.300. The number of carbonyl (C=O) groups is 3. The number of methoxy groups -OCH3 is 1. The quantitative estimate of drug-likeness (QED) is 0.475. The Bertz CT molecular complexity index is 1290. The second-order valence-corrected chi connectivity index (χ2v) is 9.57. The predicted molar refractivity (Wildman–Crippen MR) is 139 cm³/mol. The van der Waals surface area contributed by atoms with Crippen molar-refractivity contribution >= 4 is 18.0 Å². The van der Waals surface area contributed by atoms with E-state index in [9.17, 15) is 18.8 Å². The van der Waals surface area contributed by atoms with E-state index in [1.807, 2.05) is 66.7 Å². The highest BCUT2D eigenvalue weighted by Crippen LogP contribution is 2.44. The highest BCUT2D eigenvalue weighted by molar-refractivity contribution is 5.90. The molecule has 0 saturated carbocycles. The summed E-state index contributed by atoms with van der Waals surface area (Å²) in [5.41, 5.74) is 5.17. The summed E-state index contributed by atoms with van der Waals surface area (Å²) in [7, 11) is 1.20. The largest absolute Gasteiger partial charge is 0.467 e. The fourth-order valence-electron chi connectivity index (χ4n) is 5.42. The topological polar surface area (TPSA) is 84.9 Å². The number of nitrogens with one attached hydrogen (secondary N) is 1. The Morgan fingerprint density at radius 2 is 1.55 bits per heavy atom. The van der Waals surface area contributed by atoms with Crippen LogP contribution in [0.1, 0.15) is 29.0 Å². The van der Waals surface area contributed by atoms with Crippen molar-refractivity contribution in [2.24, 2.45) is 0 Å². The molecule has 1 aliphatic carbocycles. The number of fused-ring (bicyclic) bond motifs is 3. The molecule has 8 heteroatoms. The average molecular weight is 517 g/mol. The minimum atomic E-state index is -1.35. The first kappa shape index (κ1) is 25.4. The first-order valence-corrected chi connectivity index (χ1v) is 12.6. The van der Waals surface area contributed by atoms with Gasteiger partial charge < -0.3 is 19.7 Å². The van der Waals surface area contributed by atoms with Crippen LogP contribution in [-0.4, -0.2) is 61.4 Å². The van der Waals surface area contributed by atoms with Gasteiger partial charge in [0.25, 0.3) is 0 Å². The molecule has 1 saturated heterocycles. The Labute approximate surface area is 220 Å². The molecular formula is C30H29FN2O5. The van der Waals surface area contributed by atoms with Gasteiger partial charge in [0.05, 0.1) is 13.7 Å². The van der Waals surface area contributed by atoms with Crippen molar-refractivity contribution < 1.29 is 28.2 Å². The zero-order valence-corrected chi connectivity index (χ0v) is 21.0. The van der Waals surface area contributed by atoms with Gasteiger partial charge in [-0.05, 0) is 27.8 Å². The van der Waals surface area contributed by atoms with Gasteiger partial charge in [-0.15, -0.1) is 0 Å². The maximum atomic E-state index is 14.3. The molecule has 1 heterocycles. The van der Waals surface area contributed by atoms with Crippen molar-refractivity contribution in [1.82, 2.24) is 10.2 Å². The molecule has 0 unspecified atom stereocenters. The molecule has 0 radical (unpaired) electrons. The SMILES string of the molecule is COC(=O)[C@@H]1C[C@H](F)CN1C(=O)[C@H](Cc1ccccc1)NC(=O)OCC1c2ccccc2-c2ccccc21. The van der Waals surface area contributed by atoms with Crippen molar-refractivity contribution in [3.05, 3.63) is 95.6 Å². The van der Waals surface area contributed by atoms with Crippen LogP contribution in [0.5, 0.6) is 0 Å². The number of ether oxygens (including phenoxy) is 2. The van der Waals surface area contributed by atoms with E-state index in [0.717, 1.165) is 32.7 Å². The second kappa shape index (κ2) is 11.0. The molecule has 3 aromatic rings. The van der Waals surface area contributed by atoms with Crippen LogP contribution in [0.25, 0.3) is 11.1 Å². The maximum absolute atomic E-state index is 14.3. The minimum Gasteiger partial charge on any atom is -0.467 e. The summed E-state index contributed by atoms with van der Waals surface area (Å²) in [5.74, 6) is -1.37. The van der Waals surface area contributed by atoms with E-state index in [0.29, 0.717) is 0 Å². The minimum absolute atomic E-state index is 0.0904. The van der Waals surface area contributed by atoms with E-state index < -0.39 is 36.2 Å². The molecule has 1 fully saturated rings. The van der Waals surface area contributed by atoms with E-state index in [1.54, 1.807) is 0 Å². The Balaban J connectivity index is 1.32. The molecule has 3 atom stereocenters. The molecule has 1 N–H and O–H groups in total. The van der Waals surface area contributed by atoms with Crippen LogP contribution in [0.3, 0.4) is 0 Å². The predicted octanol–water partition coefficient (Wildman–Crippen LogP) is 4.25. The summed E-state index contributed by atoms with van der Waals surface area (Å²) >= 11 is 0. The summed E-state index contributed by atoms with van der Waals surface area (Å²) in [6.45, 7) is -0.149. The number of carbonyl (C=O) groups excluding carboxylic acids is 3. The van der Waals surface area contributed by atoms with Crippen molar-refractivity contribution in [2.75, 3.05) is 20.3 Å². The van der Waals surface area contributed by atoms with Crippen LogP contribution < -0.4 is 5.32 Å². The number of alkyl carbamates (subject to hydrolysis) is 1. The Morgan fingerprint density at radius 3 is 2.18 bits per heavy atom. The van der Waals surface area contributed by atoms with Gasteiger partial charge in [-0.1, -0.05) is 78.9 Å². The highest BCUT2D eigenvalue weighted by Gasteiger charge is 2.43. The van der Waals surface area contributed by atoms with E-state index >= 15 is 0 Å². The van der Waals surface area contributed by atoms with E-state index in [1.165, 1.54) is 7.11 Å². The van der Waals surface area contributed by atoms with Gasteiger partial charge in [-0.2, -0.15) is 0 Å². The van der Waals surface area contributed by atoms with Gasteiger partial charge in [-0.25, -0.2) is 14.0 Å². The Hall–Kier alpha value is -4.20. The standard InChI is InChI=1S/C30H29FN2O5/c1-37-29(35)27-16-20(31)17-33(27)28(34)26(15-19-9-3-2-4-10-19)32-30(36)38-18-25-23-13-7-5-11-21(23)22-12-6-8-14-24(22)25/h2-14,20,25-27H,15-18H2,1H3,(H,32,36)/t20-,26-,27-/m0/s1. The Morgan fingerprint density at radius 1 is 0.947 bits per heavy atom. The van der Waals surface area contributed by atoms with Crippen LogP contribution >= 0.6 is 0 Å². The van der Waals surface area contributed by atoms with E-state index in [2.05, 4.69) is 17.4 Å². The number of alkyl halides is 1. The summed E-state index contributed by atoms with van der Waals surface area (Å²) in [6, 6.07) is 23.1.